The minimum atomic E-state index is -0.982. The van der Waals surface area contributed by atoms with E-state index < -0.39 is 12.0 Å². The third-order valence-corrected chi connectivity index (χ3v) is 2.98. The molecule has 1 aromatic rings. The monoisotopic (exact) mass is 262 g/mol. The fourth-order valence-electron chi connectivity index (χ4n) is 1.89. The zero-order chi connectivity index (χ0) is 13.8. The van der Waals surface area contributed by atoms with Gasteiger partial charge in [-0.05, 0) is 24.1 Å². The van der Waals surface area contributed by atoms with Crippen LogP contribution < -0.4 is 10.6 Å². The molecule has 100 valence electrons. The number of carbonyl (C=O) groups excluding carboxylic acids is 2. The molecule has 1 saturated heterocycles. The van der Waals surface area contributed by atoms with Crippen LogP contribution in [0.3, 0.4) is 0 Å². The van der Waals surface area contributed by atoms with Crippen molar-refractivity contribution in [3.63, 3.8) is 0 Å². The Kier molecular flexibility index (Phi) is 3.79. The number of aromatic carboxylic acids is 1. The Morgan fingerprint density at radius 1 is 1.32 bits per heavy atom. The van der Waals surface area contributed by atoms with Gasteiger partial charge in [0.25, 0.3) is 0 Å². The molecule has 0 aliphatic carbocycles. The van der Waals surface area contributed by atoms with E-state index in [1.165, 1.54) is 12.1 Å². The van der Waals surface area contributed by atoms with Crippen molar-refractivity contribution in [3.05, 3.63) is 35.4 Å². The smallest absolute Gasteiger partial charge is 0.335 e. The van der Waals surface area contributed by atoms with Gasteiger partial charge in [-0.2, -0.15) is 0 Å². The highest BCUT2D eigenvalue weighted by Crippen LogP contribution is 2.08. The maximum absolute atomic E-state index is 11.7. The summed E-state index contributed by atoms with van der Waals surface area (Å²) in [7, 11) is 0. The van der Waals surface area contributed by atoms with Crippen molar-refractivity contribution in [2.75, 3.05) is 0 Å². The number of benzene rings is 1. The zero-order valence-corrected chi connectivity index (χ0v) is 10.2. The second kappa shape index (κ2) is 5.51. The Hall–Kier alpha value is -2.37. The number of nitrogens with one attached hydrogen (secondary N) is 2. The van der Waals surface area contributed by atoms with Gasteiger partial charge in [0.1, 0.15) is 6.04 Å². The molecule has 1 aliphatic heterocycles. The van der Waals surface area contributed by atoms with Crippen molar-refractivity contribution >= 4 is 17.8 Å². The molecule has 2 rings (SSSR count). The second-order valence-electron chi connectivity index (χ2n) is 4.38. The van der Waals surface area contributed by atoms with Gasteiger partial charge >= 0.3 is 5.97 Å². The van der Waals surface area contributed by atoms with Crippen LogP contribution in [0.1, 0.15) is 28.8 Å². The summed E-state index contributed by atoms with van der Waals surface area (Å²) in [6, 6.07) is 5.82. The lowest BCUT2D eigenvalue weighted by Crippen LogP contribution is -2.41. The van der Waals surface area contributed by atoms with Crippen LogP contribution in [-0.2, 0) is 16.1 Å². The summed E-state index contributed by atoms with van der Waals surface area (Å²) in [6.45, 7) is 0.311. The average Bonchev–Trinajstić information content (AvgIpc) is 2.83. The number of hydrogen-bond donors (Lipinski definition) is 3. The first kappa shape index (κ1) is 13.1. The maximum Gasteiger partial charge on any atom is 0.335 e. The van der Waals surface area contributed by atoms with Crippen molar-refractivity contribution in [3.8, 4) is 0 Å². The third kappa shape index (κ3) is 3.31. The lowest BCUT2D eigenvalue weighted by Gasteiger charge is -2.10. The summed E-state index contributed by atoms with van der Waals surface area (Å²) < 4.78 is 0. The van der Waals surface area contributed by atoms with Crippen LogP contribution in [0.2, 0.25) is 0 Å². The number of carboxylic acids is 1. The van der Waals surface area contributed by atoms with E-state index in [0.29, 0.717) is 19.4 Å². The van der Waals surface area contributed by atoms with Gasteiger partial charge < -0.3 is 15.7 Å². The molecule has 19 heavy (non-hydrogen) atoms. The Morgan fingerprint density at radius 2 is 2.00 bits per heavy atom. The maximum atomic E-state index is 11.7. The Morgan fingerprint density at radius 3 is 2.53 bits per heavy atom. The Bertz CT molecular complexity index is 510. The summed E-state index contributed by atoms with van der Waals surface area (Å²) in [5, 5.41) is 14.0. The molecule has 1 fully saturated rings. The first-order chi connectivity index (χ1) is 9.06. The normalized spacial score (nSPS) is 17.9. The summed E-state index contributed by atoms with van der Waals surface area (Å²) in [5.41, 5.74) is 1.01. The van der Waals surface area contributed by atoms with Crippen LogP contribution in [0.4, 0.5) is 0 Å². The van der Waals surface area contributed by atoms with Gasteiger partial charge in [-0.25, -0.2) is 4.79 Å². The Balaban J connectivity index is 1.86. The van der Waals surface area contributed by atoms with Crippen LogP contribution in [0.15, 0.2) is 24.3 Å². The predicted molar refractivity (Wildman–Crippen MR) is 66.4 cm³/mol. The summed E-state index contributed by atoms with van der Waals surface area (Å²) >= 11 is 0. The van der Waals surface area contributed by atoms with E-state index in [-0.39, 0.29) is 17.4 Å². The number of amides is 2. The minimum absolute atomic E-state index is 0.106. The topological polar surface area (TPSA) is 95.5 Å². The van der Waals surface area contributed by atoms with Gasteiger partial charge in [0, 0.05) is 13.0 Å². The van der Waals surface area contributed by atoms with E-state index in [2.05, 4.69) is 10.6 Å². The highest BCUT2D eigenvalue weighted by atomic mass is 16.4. The van der Waals surface area contributed by atoms with Crippen LogP contribution in [0.25, 0.3) is 0 Å². The van der Waals surface area contributed by atoms with Crippen molar-refractivity contribution in [1.29, 1.82) is 0 Å². The fraction of sp³-hybridized carbons (Fsp3) is 0.308. The molecule has 1 heterocycles. The predicted octanol–water partition coefficient (Wildman–Crippen LogP) is 0.280. The molecule has 1 aromatic carbocycles. The Labute approximate surface area is 109 Å². The number of hydrogen-bond acceptors (Lipinski definition) is 3. The second-order valence-corrected chi connectivity index (χ2v) is 4.38. The highest BCUT2D eigenvalue weighted by molar-refractivity contribution is 5.90. The molecular formula is C13H14N2O4. The molecule has 0 aromatic heterocycles. The van der Waals surface area contributed by atoms with E-state index >= 15 is 0 Å². The molecule has 2 amide bonds. The fourth-order valence-corrected chi connectivity index (χ4v) is 1.89. The lowest BCUT2D eigenvalue weighted by atomic mass is 10.1. The first-order valence-electron chi connectivity index (χ1n) is 5.95. The molecule has 1 unspecified atom stereocenters. The summed E-state index contributed by atoms with van der Waals surface area (Å²) in [4.78, 5) is 33.4. The van der Waals surface area contributed by atoms with Crippen LogP contribution >= 0.6 is 0 Å². The van der Waals surface area contributed by atoms with Gasteiger partial charge in [-0.1, -0.05) is 12.1 Å². The van der Waals surface area contributed by atoms with Gasteiger partial charge in [0.2, 0.25) is 11.8 Å². The van der Waals surface area contributed by atoms with Gasteiger partial charge in [-0.3, -0.25) is 9.59 Å². The molecule has 0 bridgehead atoms. The molecule has 0 saturated carbocycles. The average molecular weight is 262 g/mol. The molecule has 3 N–H and O–H groups in total. The van der Waals surface area contributed by atoms with Crippen molar-refractivity contribution in [1.82, 2.24) is 10.6 Å². The van der Waals surface area contributed by atoms with Gasteiger partial charge in [0.05, 0.1) is 5.56 Å². The van der Waals surface area contributed by atoms with Crippen LogP contribution in [0.5, 0.6) is 0 Å². The largest absolute Gasteiger partial charge is 0.478 e. The highest BCUT2D eigenvalue weighted by Gasteiger charge is 2.26. The van der Waals surface area contributed by atoms with Crippen molar-refractivity contribution in [2.24, 2.45) is 0 Å². The third-order valence-electron chi connectivity index (χ3n) is 2.98. The summed E-state index contributed by atoms with van der Waals surface area (Å²) in [5.74, 6) is -1.30. The first-order valence-corrected chi connectivity index (χ1v) is 5.95. The molecular weight excluding hydrogens is 248 g/mol. The molecule has 1 atom stereocenters. The van der Waals surface area contributed by atoms with E-state index in [0.717, 1.165) is 5.56 Å². The zero-order valence-electron chi connectivity index (χ0n) is 10.2. The van der Waals surface area contributed by atoms with Crippen molar-refractivity contribution in [2.45, 2.75) is 25.4 Å². The molecule has 1 aliphatic rings. The van der Waals surface area contributed by atoms with E-state index in [9.17, 15) is 14.4 Å². The van der Waals surface area contributed by atoms with E-state index in [1.807, 2.05) is 0 Å². The molecule has 6 nitrogen and oxygen atoms in total. The quantitative estimate of drug-likeness (QED) is 0.726. The molecule has 6 heteroatoms. The number of carboxylic acid groups (broad SMARTS) is 1. The molecule has 0 spiro atoms. The van der Waals surface area contributed by atoms with Crippen LogP contribution in [0, 0.1) is 0 Å². The van der Waals surface area contributed by atoms with E-state index in [4.69, 9.17) is 5.11 Å². The lowest BCUT2D eigenvalue weighted by molar-refractivity contribution is -0.125. The van der Waals surface area contributed by atoms with Crippen LogP contribution in [-0.4, -0.2) is 28.9 Å². The SMILES string of the molecule is O=C1CCC(C(=O)NCc2ccc(C(=O)O)cc2)N1. The number of carbonyl (C=O) groups is 3. The number of rotatable bonds is 4. The van der Waals surface area contributed by atoms with Crippen molar-refractivity contribution < 1.29 is 19.5 Å². The summed E-state index contributed by atoms with van der Waals surface area (Å²) in [6.07, 6.45) is 0.897. The van der Waals surface area contributed by atoms with Gasteiger partial charge in [0.15, 0.2) is 0 Å². The minimum Gasteiger partial charge on any atom is -0.478 e. The standard InChI is InChI=1S/C13H14N2O4/c16-11-6-5-10(15-11)12(17)14-7-8-1-3-9(4-2-8)13(18)19/h1-4,10H,5-7H2,(H,14,17)(H,15,16)(H,18,19). The molecule has 0 radical (unpaired) electrons. The van der Waals surface area contributed by atoms with E-state index in [1.54, 1.807) is 12.1 Å². The van der Waals surface area contributed by atoms with Gasteiger partial charge in [-0.15, -0.1) is 0 Å².